The summed E-state index contributed by atoms with van der Waals surface area (Å²) in [6, 6.07) is 7.23. The van der Waals surface area contributed by atoms with Crippen LogP contribution in [0.25, 0.3) is 0 Å². The Bertz CT molecular complexity index is 729. The summed E-state index contributed by atoms with van der Waals surface area (Å²) in [6.07, 6.45) is 5.95. The van der Waals surface area contributed by atoms with E-state index >= 15 is 0 Å². The van der Waals surface area contributed by atoms with Gasteiger partial charge in [-0.1, -0.05) is 6.07 Å². The Kier molecular flexibility index (Phi) is 3.80. The lowest BCUT2D eigenvalue weighted by Gasteiger charge is -2.33. The first-order chi connectivity index (χ1) is 11.7. The van der Waals surface area contributed by atoms with Crippen LogP contribution in [-0.2, 0) is 11.3 Å². The van der Waals surface area contributed by atoms with Gasteiger partial charge in [-0.25, -0.2) is 0 Å². The molecule has 2 aromatic rings. The van der Waals surface area contributed by atoms with Crippen molar-refractivity contribution in [1.82, 2.24) is 14.8 Å². The molecule has 0 N–H and O–H groups in total. The van der Waals surface area contributed by atoms with Gasteiger partial charge < -0.3 is 14.2 Å². The molecular formula is C18H19N3O3. The van der Waals surface area contributed by atoms with Gasteiger partial charge in [-0.2, -0.15) is 0 Å². The van der Waals surface area contributed by atoms with E-state index in [-0.39, 0.29) is 23.7 Å². The van der Waals surface area contributed by atoms with Gasteiger partial charge in [0.05, 0.1) is 12.2 Å². The number of piperidine rings is 1. The molecule has 0 bridgehead atoms. The number of carbonyl (C=O) groups is 2. The van der Waals surface area contributed by atoms with E-state index < -0.39 is 0 Å². The van der Waals surface area contributed by atoms with Gasteiger partial charge in [0.1, 0.15) is 0 Å². The van der Waals surface area contributed by atoms with Gasteiger partial charge in [0, 0.05) is 38.6 Å². The van der Waals surface area contributed by atoms with Gasteiger partial charge in [0.2, 0.25) is 5.91 Å². The molecule has 0 aliphatic carbocycles. The second-order valence-electron chi connectivity index (χ2n) is 6.46. The summed E-state index contributed by atoms with van der Waals surface area (Å²) in [5.74, 6) is 0.509. The van der Waals surface area contributed by atoms with E-state index in [2.05, 4.69) is 4.98 Å². The molecule has 124 valence electrons. The number of hydrogen-bond acceptors (Lipinski definition) is 4. The summed E-state index contributed by atoms with van der Waals surface area (Å²) < 4.78 is 5.19. The quantitative estimate of drug-likeness (QED) is 0.863. The van der Waals surface area contributed by atoms with Crippen molar-refractivity contribution in [1.29, 1.82) is 0 Å². The van der Waals surface area contributed by atoms with Gasteiger partial charge in [-0.15, -0.1) is 0 Å². The summed E-state index contributed by atoms with van der Waals surface area (Å²) in [5.41, 5.74) is 1.03. The normalized spacial score (nSPS) is 23.4. The van der Waals surface area contributed by atoms with Crippen LogP contribution in [0, 0.1) is 11.8 Å². The molecule has 4 heterocycles. The Hall–Kier alpha value is -2.63. The van der Waals surface area contributed by atoms with E-state index in [0.29, 0.717) is 25.4 Å². The number of furan rings is 1. The smallest absolute Gasteiger partial charge is 0.289 e. The maximum Gasteiger partial charge on any atom is 0.289 e. The molecular weight excluding hydrogens is 306 g/mol. The molecule has 6 heteroatoms. The number of carbonyl (C=O) groups excluding carboxylic acids is 2. The molecule has 0 spiro atoms. The topological polar surface area (TPSA) is 66.7 Å². The number of amides is 2. The molecule has 2 amide bonds. The highest BCUT2D eigenvalue weighted by atomic mass is 16.3. The molecule has 0 unspecified atom stereocenters. The highest BCUT2D eigenvalue weighted by Crippen LogP contribution is 2.33. The number of likely N-dealkylation sites (tertiary alicyclic amines) is 2. The van der Waals surface area contributed by atoms with Crippen LogP contribution in [0.3, 0.4) is 0 Å². The minimum atomic E-state index is -0.124. The van der Waals surface area contributed by atoms with Crippen molar-refractivity contribution >= 4 is 11.8 Å². The van der Waals surface area contributed by atoms with Crippen LogP contribution in [0.15, 0.2) is 47.3 Å². The van der Waals surface area contributed by atoms with Gasteiger partial charge in [-0.05, 0) is 36.1 Å². The number of aromatic nitrogens is 1. The molecule has 0 radical (unpaired) electrons. The van der Waals surface area contributed by atoms with Crippen molar-refractivity contribution in [3.05, 3.63) is 54.2 Å². The number of fused-ring (bicyclic) bond motifs is 1. The van der Waals surface area contributed by atoms with Crippen LogP contribution in [0.5, 0.6) is 0 Å². The molecule has 24 heavy (non-hydrogen) atoms. The van der Waals surface area contributed by atoms with Crippen LogP contribution >= 0.6 is 0 Å². The highest BCUT2D eigenvalue weighted by Gasteiger charge is 2.44. The third kappa shape index (κ3) is 2.68. The zero-order valence-electron chi connectivity index (χ0n) is 13.3. The van der Waals surface area contributed by atoms with E-state index in [1.54, 1.807) is 29.4 Å². The second-order valence-corrected chi connectivity index (χ2v) is 6.46. The second kappa shape index (κ2) is 6.11. The van der Waals surface area contributed by atoms with Crippen molar-refractivity contribution in [2.24, 2.45) is 11.8 Å². The molecule has 4 rings (SSSR count). The fourth-order valence-electron chi connectivity index (χ4n) is 3.70. The van der Waals surface area contributed by atoms with Crippen molar-refractivity contribution in [3.63, 3.8) is 0 Å². The van der Waals surface area contributed by atoms with Gasteiger partial charge in [0.15, 0.2) is 5.76 Å². The van der Waals surface area contributed by atoms with E-state index in [1.165, 1.54) is 6.26 Å². The first kappa shape index (κ1) is 14.9. The molecule has 2 aromatic heterocycles. The van der Waals surface area contributed by atoms with Crippen LogP contribution in [-0.4, -0.2) is 46.2 Å². The third-order valence-electron chi connectivity index (χ3n) is 4.96. The Morgan fingerprint density at radius 3 is 2.96 bits per heavy atom. The molecule has 0 saturated carbocycles. The fraction of sp³-hybridized carbons (Fsp3) is 0.389. The maximum absolute atomic E-state index is 12.8. The van der Waals surface area contributed by atoms with Crippen LogP contribution in [0.1, 0.15) is 22.5 Å². The largest absolute Gasteiger partial charge is 0.459 e. The van der Waals surface area contributed by atoms with Crippen molar-refractivity contribution in [2.75, 3.05) is 19.6 Å². The minimum absolute atomic E-state index is 0.102. The SMILES string of the molecule is O=C(c1ccco1)N1C[C@@H]2CCN(Cc3cccnc3)C(=O)[C@@H]2C1. The summed E-state index contributed by atoms with van der Waals surface area (Å²) in [7, 11) is 0. The lowest BCUT2D eigenvalue weighted by molar-refractivity contribution is -0.140. The fourth-order valence-corrected chi connectivity index (χ4v) is 3.70. The van der Waals surface area contributed by atoms with E-state index in [9.17, 15) is 9.59 Å². The number of pyridine rings is 1. The molecule has 2 aliphatic heterocycles. The zero-order valence-corrected chi connectivity index (χ0v) is 13.3. The van der Waals surface area contributed by atoms with E-state index in [1.807, 2.05) is 17.0 Å². The van der Waals surface area contributed by atoms with Gasteiger partial charge in [0.25, 0.3) is 5.91 Å². The Balaban J connectivity index is 1.44. The van der Waals surface area contributed by atoms with E-state index in [4.69, 9.17) is 4.42 Å². The molecule has 2 atom stereocenters. The predicted molar refractivity (Wildman–Crippen MR) is 85.9 cm³/mol. The average molecular weight is 325 g/mol. The van der Waals surface area contributed by atoms with Crippen LogP contribution < -0.4 is 0 Å². The number of hydrogen-bond donors (Lipinski definition) is 0. The van der Waals surface area contributed by atoms with Crippen LogP contribution in [0.2, 0.25) is 0 Å². The van der Waals surface area contributed by atoms with E-state index in [0.717, 1.165) is 18.5 Å². The molecule has 6 nitrogen and oxygen atoms in total. The van der Waals surface area contributed by atoms with Crippen molar-refractivity contribution < 1.29 is 14.0 Å². The van der Waals surface area contributed by atoms with Crippen LogP contribution in [0.4, 0.5) is 0 Å². The van der Waals surface area contributed by atoms with Crippen molar-refractivity contribution in [2.45, 2.75) is 13.0 Å². The summed E-state index contributed by atoms with van der Waals surface area (Å²) in [6.45, 7) is 2.43. The molecule has 2 aliphatic rings. The first-order valence-electron chi connectivity index (χ1n) is 8.23. The van der Waals surface area contributed by atoms with Gasteiger partial charge in [-0.3, -0.25) is 14.6 Å². The summed E-state index contributed by atoms with van der Waals surface area (Å²) in [4.78, 5) is 33.0. The monoisotopic (exact) mass is 325 g/mol. The lowest BCUT2D eigenvalue weighted by atomic mass is 9.88. The third-order valence-corrected chi connectivity index (χ3v) is 4.96. The number of rotatable bonds is 3. The minimum Gasteiger partial charge on any atom is -0.459 e. The maximum atomic E-state index is 12.8. The van der Waals surface area contributed by atoms with Crippen molar-refractivity contribution in [3.8, 4) is 0 Å². The molecule has 0 aromatic carbocycles. The van der Waals surface area contributed by atoms with Gasteiger partial charge >= 0.3 is 0 Å². The number of nitrogens with zero attached hydrogens (tertiary/aromatic N) is 3. The first-order valence-corrected chi connectivity index (χ1v) is 8.23. The molecule has 2 fully saturated rings. The average Bonchev–Trinajstić information content (AvgIpc) is 3.27. The lowest BCUT2D eigenvalue weighted by Crippen LogP contribution is -2.44. The Labute approximate surface area is 140 Å². The summed E-state index contributed by atoms with van der Waals surface area (Å²) in [5, 5.41) is 0. The summed E-state index contributed by atoms with van der Waals surface area (Å²) >= 11 is 0. The zero-order chi connectivity index (χ0) is 16.5. The molecule has 2 saturated heterocycles. The standard InChI is InChI=1S/C18H19N3O3/c22-17-15-12-21(18(23)16-4-2-8-24-16)11-14(15)5-7-20(17)10-13-3-1-6-19-9-13/h1-4,6,8-9,14-15H,5,7,10-12H2/t14-,15+/m0/s1. The highest BCUT2D eigenvalue weighted by molar-refractivity contribution is 5.92. The Morgan fingerprint density at radius 2 is 2.21 bits per heavy atom. The Morgan fingerprint density at radius 1 is 1.29 bits per heavy atom. The predicted octanol–water partition coefficient (Wildman–Crippen LogP) is 1.80.